The summed E-state index contributed by atoms with van der Waals surface area (Å²) < 4.78 is 0. The predicted octanol–water partition coefficient (Wildman–Crippen LogP) is 3.43. The molecule has 8 heteroatoms. The molecule has 36 heavy (non-hydrogen) atoms. The normalized spacial score (nSPS) is 16.5. The average Bonchev–Trinajstić information content (AvgIpc) is 3.29. The Morgan fingerprint density at radius 1 is 1.03 bits per heavy atom. The summed E-state index contributed by atoms with van der Waals surface area (Å²) in [6.07, 6.45) is 0. The molecule has 2 aliphatic rings. The monoisotopic (exact) mass is 503 g/mol. The Morgan fingerprint density at radius 2 is 1.83 bits per heavy atom. The van der Waals surface area contributed by atoms with Gasteiger partial charge >= 0.3 is 0 Å². The molecule has 0 saturated carbocycles. The number of hydrogen-bond donors (Lipinski definition) is 5. The molecule has 0 spiro atoms. The van der Waals surface area contributed by atoms with Crippen LogP contribution in [0.4, 0.5) is 5.69 Å². The molecule has 1 aromatic heterocycles. The standard InChI is InChI=1S/C28H33N5O2S/c1-17-6-7-22(33-23-14-30-15-23)11-25(17)28(35)32-18(2)19-4-3-5-20(10-19)26-9-8-24(36-26)16-31-27(34)21-12-29-13-21/h3-11,18,21,23,29-30,33H,12-16H2,1-2H3,(H,31,34)(H,32,35)/t18-/m1/s1. The number of aryl methyl sites for hydroxylation is 1. The number of nitrogens with one attached hydrogen (secondary N) is 5. The summed E-state index contributed by atoms with van der Waals surface area (Å²) in [5, 5.41) is 16.1. The van der Waals surface area contributed by atoms with Gasteiger partial charge in [-0.15, -0.1) is 11.3 Å². The Kier molecular flexibility index (Phi) is 7.36. The quantitative estimate of drug-likeness (QED) is 0.309. The molecule has 2 aliphatic heterocycles. The Hall–Kier alpha value is -3.20. The Bertz CT molecular complexity index is 1250. The molecule has 2 saturated heterocycles. The van der Waals surface area contributed by atoms with E-state index in [-0.39, 0.29) is 23.8 Å². The van der Waals surface area contributed by atoms with E-state index in [0.29, 0.717) is 18.2 Å². The van der Waals surface area contributed by atoms with Crippen molar-refractivity contribution in [1.29, 1.82) is 0 Å². The second kappa shape index (κ2) is 10.8. The van der Waals surface area contributed by atoms with Gasteiger partial charge in [-0.2, -0.15) is 0 Å². The minimum absolute atomic E-state index is 0.0726. The summed E-state index contributed by atoms with van der Waals surface area (Å²) in [6, 6.07) is 18.7. The molecule has 0 unspecified atom stereocenters. The van der Waals surface area contributed by atoms with Crippen molar-refractivity contribution in [2.75, 3.05) is 31.5 Å². The van der Waals surface area contributed by atoms with Crippen LogP contribution in [0.2, 0.25) is 0 Å². The lowest BCUT2D eigenvalue weighted by Crippen LogP contribution is -2.51. The second-order valence-electron chi connectivity index (χ2n) is 9.69. The number of anilines is 1. The van der Waals surface area contributed by atoms with E-state index in [2.05, 4.69) is 50.8 Å². The van der Waals surface area contributed by atoms with Gasteiger partial charge in [-0.1, -0.05) is 24.3 Å². The van der Waals surface area contributed by atoms with Gasteiger partial charge in [0.1, 0.15) is 0 Å². The van der Waals surface area contributed by atoms with Crippen LogP contribution in [0, 0.1) is 12.8 Å². The van der Waals surface area contributed by atoms with Crippen LogP contribution in [0.15, 0.2) is 54.6 Å². The largest absolute Gasteiger partial charge is 0.380 e. The van der Waals surface area contributed by atoms with Gasteiger partial charge in [0.2, 0.25) is 5.91 Å². The van der Waals surface area contributed by atoms with E-state index in [1.165, 1.54) is 0 Å². The molecule has 2 fully saturated rings. The zero-order chi connectivity index (χ0) is 25.1. The molecule has 188 valence electrons. The summed E-state index contributed by atoms with van der Waals surface area (Å²) in [5.74, 6) is 0.142. The van der Waals surface area contributed by atoms with Crippen molar-refractivity contribution in [3.05, 3.63) is 76.2 Å². The maximum atomic E-state index is 13.1. The van der Waals surface area contributed by atoms with E-state index in [4.69, 9.17) is 0 Å². The number of hydrogen-bond acceptors (Lipinski definition) is 6. The van der Waals surface area contributed by atoms with E-state index in [1.54, 1.807) is 11.3 Å². The first-order chi connectivity index (χ1) is 17.5. The molecule has 2 aromatic carbocycles. The van der Waals surface area contributed by atoms with Crippen LogP contribution in [0.1, 0.15) is 39.3 Å². The van der Waals surface area contributed by atoms with Crippen molar-refractivity contribution >= 4 is 28.8 Å². The van der Waals surface area contributed by atoms with E-state index in [1.807, 2.05) is 44.2 Å². The third-order valence-electron chi connectivity index (χ3n) is 6.90. The van der Waals surface area contributed by atoms with Gasteiger partial charge in [0.05, 0.1) is 24.5 Å². The number of rotatable bonds is 9. The molecule has 5 N–H and O–H groups in total. The molecular formula is C28H33N5O2S. The molecule has 7 nitrogen and oxygen atoms in total. The molecular weight excluding hydrogens is 470 g/mol. The fraction of sp³-hybridized carbons (Fsp3) is 0.357. The predicted molar refractivity (Wildman–Crippen MR) is 145 cm³/mol. The number of benzene rings is 2. The molecule has 1 atom stereocenters. The zero-order valence-electron chi connectivity index (χ0n) is 20.7. The zero-order valence-corrected chi connectivity index (χ0v) is 21.5. The van der Waals surface area contributed by atoms with Crippen molar-refractivity contribution in [2.24, 2.45) is 5.92 Å². The molecule has 3 aromatic rings. The Morgan fingerprint density at radius 3 is 2.56 bits per heavy atom. The van der Waals surface area contributed by atoms with Crippen LogP contribution in [-0.4, -0.2) is 44.0 Å². The lowest BCUT2D eigenvalue weighted by molar-refractivity contribution is -0.126. The van der Waals surface area contributed by atoms with Gasteiger partial charge in [-0.3, -0.25) is 9.59 Å². The summed E-state index contributed by atoms with van der Waals surface area (Å²) in [4.78, 5) is 27.5. The first-order valence-corrected chi connectivity index (χ1v) is 13.3. The molecule has 3 heterocycles. The Balaban J connectivity index is 1.22. The third-order valence-corrected chi connectivity index (χ3v) is 8.04. The smallest absolute Gasteiger partial charge is 0.252 e. The van der Waals surface area contributed by atoms with Crippen LogP contribution in [0.5, 0.6) is 0 Å². The van der Waals surface area contributed by atoms with E-state index < -0.39 is 0 Å². The fourth-order valence-electron chi connectivity index (χ4n) is 4.32. The molecule has 2 amide bonds. The second-order valence-corrected chi connectivity index (χ2v) is 10.9. The molecule has 0 radical (unpaired) electrons. The number of carbonyl (C=O) groups is 2. The first-order valence-electron chi connectivity index (χ1n) is 12.5. The maximum Gasteiger partial charge on any atom is 0.252 e. The van der Waals surface area contributed by atoms with Gasteiger partial charge in [0.15, 0.2) is 0 Å². The Labute approximate surface area is 216 Å². The minimum Gasteiger partial charge on any atom is -0.380 e. The fourth-order valence-corrected chi connectivity index (χ4v) is 5.27. The highest BCUT2D eigenvalue weighted by Crippen LogP contribution is 2.30. The van der Waals surface area contributed by atoms with Crippen LogP contribution < -0.4 is 26.6 Å². The highest BCUT2D eigenvalue weighted by atomic mass is 32.1. The lowest BCUT2D eigenvalue weighted by atomic mass is 10.0. The topological polar surface area (TPSA) is 94.3 Å². The van der Waals surface area contributed by atoms with Gasteiger partial charge in [0, 0.05) is 47.2 Å². The van der Waals surface area contributed by atoms with Crippen molar-refractivity contribution in [3.63, 3.8) is 0 Å². The maximum absolute atomic E-state index is 13.1. The average molecular weight is 504 g/mol. The summed E-state index contributed by atoms with van der Waals surface area (Å²) in [6.45, 7) is 7.96. The first kappa shape index (κ1) is 24.5. The van der Waals surface area contributed by atoms with Gasteiger partial charge in [0.25, 0.3) is 5.91 Å². The van der Waals surface area contributed by atoms with Crippen LogP contribution in [0.25, 0.3) is 10.4 Å². The van der Waals surface area contributed by atoms with Gasteiger partial charge in [-0.25, -0.2) is 0 Å². The molecule has 0 bridgehead atoms. The summed E-state index contributed by atoms with van der Waals surface area (Å²) in [5.41, 5.74) is 4.78. The molecule has 0 aliphatic carbocycles. The number of thiophene rings is 1. The van der Waals surface area contributed by atoms with E-state index in [9.17, 15) is 9.59 Å². The van der Waals surface area contributed by atoms with Crippen molar-refractivity contribution < 1.29 is 9.59 Å². The third kappa shape index (κ3) is 5.61. The highest BCUT2D eigenvalue weighted by molar-refractivity contribution is 7.15. The number of amides is 2. The van der Waals surface area contributed by atoms with Crippen molar-refractivity contribution in [1.82, 2.24) is 21.3 Å². The van der Waals surface area contributed by atoms with E-state index in [0.717, 1.165) is 58.3 Å². The highest BCUT2D eigenvalue weighted by Gasteiger charge is 2.24. The van der Waals surface area contributed by atoms with Crippen LogP contribution >= 0.6 is 11.3 Å². The summed E-state index contributed by atoms with van der Waals surface area (Å²) >= 11 is 1.68. The van der Waals surface area contributed by atoms with Gasteiger partial charge < -0.3 is 26.6 Å². The van der Waals surface area contributed by atoms with Crippen LogP contribution in [-0.2, 0) is 11.3 Å². The van der Waals surface area contributed by atoms with Gasteiger partial charge in [-0.05, 0) is 60.9 Å². The van der Waals surface area contributed by atoms with Crippen molar-refractivity contribution in [2.45, 2.75) is 32.5 Å². The molecule has 5 rings (SSSR count). The van der Waals surface area contributed by atoms with Crippen LogP contribution in [0.3, 0.4) is 0 Å². The minimum atomic E-state index is -0.140. The SMILES string of the molecule is Cc1ccc(NC2CNC2)cc1C(=O)N[C@H](C)c1cccc(-c2ccc(CNC(=O)C3CNC3)s2)c1. The van der Waals surface area contributed by atoms with E-state index >= 15 is 0 Å². The summed E-state index contributed by atoms with van der Waals surface area (Å²) in [7, 11) is 0. The number of carbonyl (C=O) groups excluding carboxylic acids is 2. The lowest BCUT2D eigenvalue weighted by Gasteiger charge is -2.29. The van der Waals surface area contributed by atoms with Crippen molar-refractivity contribution in [3.8, 4) is 10.4 Å².